The van der Waals surface area contributed by atoms with Crippen LogP contribution in [0.4, 0.5) is 0 Å². The fraction of sp³-hybridized carbons (Fsp3) is 0.500. The number of fused-ring (bicyclic) bond motifs is 3. The Labute approximate surface area is 128 Å². The molecule has 0 spiro atoms. The maximum absolute atomic E-state index is 12.7. The molecule has 21 heavy (non-hydrogen) atoms. The van der Waals surface area contributed by atoms with Crippen molar-refractivity contribution >= 4 is 23.6 Å². The van der Waals surface area contributed by atoms with Gasteiger partial charge in [0.2, 0.25) is 5.91 Å². The lowest BCUT2D eigenvalue weighted by molar-refractivity contribution is -0.126. The van der Waals surface area contributed by atoms with Crippen molar-refractivity contribution < 1.29 is 9.59 Å². The van der Waals surface area contributed by atoms with Crippen LogP contribution in [-0.2, 0) is 4.79 Å². The maximum Gasteiger partial charge on any atom is 0.256 e. The zero-order valence-corrected chi connectivity index (χ0v) is 12.9. The van der Waals surface area contributed by atoms with Crippen LogP contribution in [0.2, 0.25) is 0 Å². The van der Waals surface area contributed by atoms with E-state index in [4.69, 9.17) is 0 Å². The summed E-state index contributed by atoms with van der Waals surface area (Å²) in [5.74, 6) is -0.0109. The molecule has 1 aromatic carbocycles. The highest BCUT2D eigenvalue weighted by molar-refractivity contribution is 8.01. The number of thioether (sulfide) groups is 1. The van der Waals surface area contributed by atoms with Gasteiger partial charge in [-0.1, -0.05) is 18.2 Å². The Morgan fingerprint density at radius 3 is 2.76 bits per heavy atom. The van der Waals surface area contributed by atoms with Crippen LogP contribution in [0.1, 0.15) is 48.0 Å². The predicted molar refractivity (Wildman–Crippen MR) is 82.0 cm³/mol. The summed E-state index contributed by atoms with van der Waals surface area (Å²) in [6.07, 6.45) is 2.12. The average molecular weight is 302 g/mol. The first-order chi connectivity index (χ1) is 9.99. The fourth-order valence-electron chi connectivity index (χ4n) is 3.31. The summed E-state index contributed by atoms with van der Waals surface area (Å²) in [7, 11) is 0. The van der Waals surface area contributed by atoms with Gasteiger partial charge in [0, 0.05) is 16.4 Å². The first kappa shape index (κ1) is 13.2. The number of benzene rings is 1. The number of carbonyl (C=O) groups excluding carboxylic acids is 2. The summed E-state index contributed by atoms with van der Waals surface area (Å²) in [6.45, 7) is 4.12. The van der Waals surface area contributed by atoms with Gasteiger partial charge < -0.3 is 10.2 Å². The minimum atomic E-state index is -0.395. The van der Waals surface area contributed by atoms with Gasteiger partial charge in [-0.2, -0.15) is 0 Å². The standard InChI is InChI=1S/C16H18N2O2S/c1-16(2)12(13(19)17-9-7-8-9)18-14(20)10-5-3-4-6-11(10)15(18)21-16/h3-6,9,12,15H,7-8H2,1-2H3,(H,17,19)/t12-,15+/m0/s1. The molecule has 4 rings (SSSR count). The second kappa shape index (κ2) is 4.26. The van der Waals surface area contributed by atoms with Crippen LogP contribution >= 0.6 is 11.8 Å². The molecule has 0 unspecified atom stereocenters. The molecule has 1 aliphatic carbocycles. The number of carbonyl (C=O) groups is 2. The van der Waals surface area contributed by atoms with Crippen molar-refractivity contribution in [2.75, 3.05) is 0 Å². The summed E-state index contributed by atoms with van der Waals surface area (Å²) in [6, 6.07) is 7.63. The molecular weight excluding hydrogens is 284 g/mol. The van der Waals surface area contributed by atoms with E-state index < -0.39 is 6.04 Å². The highest BCUT2D eigenvalue weighted by Crippen LogP contribution is 2.56. The lowest BCUT2D eigenvalue weighted by Gasteiger charge is -2.29. The molecular formula is C16H18N2O2S. The predicted octanol–water partition coefficient (Wildman–Crippen LogP) is 2.31. The summed E-state index contributed by atoms with van der Waals surface area (Å²) in [5.41, 5.74) is 1.79. The minimum Gasteiger partial charge on any atom is -0.352 e. The summed E-state index contributed by atoms with van der Waals surface area (Å²) < 4.78 is -0.271. The highest BCUT2D eigenvalue weighted by atomic mass is 32.2. The molecule has 0 aromatic heterocycles. The van der Waals surface area contributed by atoms with Crippen LogP contribution in [0.5, 0.6) is 0 Å². The molecule has 110 valence electrons. The van der Waals surface area contributed by atoms with Crippen LogP contribution in [0.3, 0.4) is 0 Å². The van der Waals surface area contributed by atoms with Gasteiger partial charge in [0.05, 0.1) is 0 Å². The molecule has 0 bridgehead atoms. The van der Waals surface area contributed by atoms with Crippen LogP contribution in [0.15, 0.2) is 24.3 Å². The van der Waals surface area contributed by atoms with Crippen molar-refractivity contribution in [2.45, 2.75) is 48.9 Å². The number of nitrogens with one attached hydrogen (secondary N) is 1. The van der Waals surface area contributed by atoms with E-state index in [0.29, 0.717) is 6.04 Å². The second-order valence-electron chi connectivity index (χ2n) is 6.56. The summed E-state index contributed by atoms with van der Waals surface area (Å²) >= 11 is 1.71. The fourth-order valence-corrected chi connectivity index (χ4v) is 4.90. The van der Waals surface area contributed by atoms with Gasteiger partial charge in [0.25, 0.3) is 5.91 Å². The van der Waals surface area contributed by atoms with Crippen LogP contribution in [0.25, 0.3) is 0 Å². The van der Waals surface area contributed by atoms with Gasteiger partial charge in [-0.3, -0.25) is 9.59 Å². The Balaban J connectivity index is 1.72. The van der Waals surface area contributed by atoms with Crippen molar-refractivity contribution in [3.05, 3.63) is 35.4 Å². The third kappa shape index (κ3) is 1.90. The van der Waals surface area contributed by atoms with E-state index in [1.54, 1.807) is 16.7 Å². The molecule has 1 N–H and O–H groups in total. The number of nitrogens with zero attached hydrogens (tertiary/aromatic N) is 1. The Hall–Kier alpha value is -1.49. The SMILES string of the molecule is CC1(C)S[C@@H]2c3ccccc3C(=O)N2[C@H]1C(=O)NC1CC1. The lowest BCUT2D eigenvalue weighted by atomic mass is 10.0. The van der Waals surface area contributed by atoms with Gasteiger partial charge in [0.15, 0.2) is 0 Å². The van der Waals surface area contributed by atoms with E-state index in [-0.39, 0.29) is 21.9 Å². The summed E-state index contributed by atoms with van der Waals surface area (Å²) in [5, 5.41) is 3.04. The molecule has 2 amide bonds. The van der Waals surface area contributed by atoms with Crippen molar-refractivity contribution in [3.63, 3.8) is 0 Å². The molecule has 2 fully saturated rings. The van der Waals surface area contributed by atoms with E-state index in [1.165, 1.54) is 0 Å². The van der Waals surface area contributed by atoms with Crippen molar-refractivity contribution in [1.82, 2.24) is 10.2 Å². The number of rotatable bonds is 2. The van der Waals surface area contributed by atoms with Gasteiger partial charge in [0.1, 0.15) is 11.4 Å². The molecule has 3 aliphatic rings. The Morgan fingerprint density at radius 2 is 2.05 bits per heavy atom. The Bertz CT molecular complexity index is 639. The van der Waals surface area contributed by atoms with E-state index in [1.807, 2.05) is 24.3 Å². The average Bonchev–Trinajstić information content (AvgIpc) is 3.14. The molecule has 4 nitrogen and oxygen atoms in total. The van der Waals surface area contributed by atoms with Crippen molar-refractivity contribution in [2.24, 2.45) is 0 Å². The quantitative estimate of drug-likeness (QED) is 0.912. The largest absolute Gasteiger partial charge is 0.352 e. The minimum absolute atomic E-state index is 0.00124. The van der Waals surface area contributed by atoms with E-state index >= 15 is 0 Å². The topological polar surface area (TPSA) is 49.4 Å². The molecule has 1 aromatic rings. The zero-order valence-electron chi connectivity index (χ0n) is 12.1. The molecule has 2 atom stereocenters. The monoisotopic (exact) mass is 302 g/mol. The third-order valence-electron chi connectivity index (χ3n) is 4.47. The second-order valence-corrected chi connectivity index (χ2v) is 8.29. The van der Waals surface area contributed by atoms with Gasteiger partial charge >= 0.3 is 0 Å². The first-order valence-electron chi connectivity index (χ1n) is 7.39. The number of hydrogen-bond acceptors (Lipinski definition) is 3. The van der Waals surface area contributed by atoms with Crippen molar-refractivity contribution in [1.29, 1.82) is 0 Å². The Kier molecular flexibility index (Phi) is 2.67. The maximum atomic E-state index is 12.7. The van der Waals surface area contributed by atoms with E-state index in [9.17, 15) is 9.59 Å². The highest BCUT2D eigenvalue weighted by Gasteiger charge is 2.57. The van der Waals surface area contributed by atoms with E-state index in [2.05, 4.69) is 19.2 Å². The van der Waals surface area contributed by atoms with Gasteiger partial charge in [-0.15, -0.1) is 11.8 Å². The van der Waals surface area contributed by atoms with Crippen LogP contribution < -0.4 is 5.32 Å². The van der Waals surface area contributed by atoms with Crippen molar-refractivity contribution in [3.8, 4) is 0 Å². The lowest BCUT2D eigenvalue weighted by Crippen LogP contribution is -2.52. The zero-order chi connectivity index (χ0) is 14.8. The first-order valence-corrected chi connectivity index (χ1v) is 8.27. The van der Waals surface area contributed by atoms with Gasteiger partial charge in [-0.05, 0) is 38.3 Å². The molecule has 5 heteroatoms. The third-order valence-corrected chi connectivity index (χ3v) is 6.00. The summed E-state index contributed by atoms with van der Waals surface area (Å²) in [4.78, 5) is 27.1. The molecule has 2 heterocycles. The van der Waals surface area contributed by atoms with Crippen LogP contribution in [0, 0.1) is 0 Å². The Morgan fingerprint density at radius 1 is 1.33 bits per heavy atom. The molecule has 1 saturated heterocycles. The van der Waals surface area contributed by atoms with E-state index in [0.717, 1.165) is 24.0 Å². The normalized spacial score (nSPS) is 29.2. The molecule has 1 saturated carbocycles. The smallest absolute Gasteiger partial charge is 0.256 e. The van der Waals surface area contributed by atoms with Gasteiger partial charge in [-0.25, -0.2) is 0 Å². The molecule has 0 radical (unpaired) electrons. The van der Waals surface area contributed by atoms with Crippen LogP contribution in [-0.4, -0.2) is 33.5 Å². The number of amides is 2. The number of hydrogen-bond donors (Lipinski definition) is 1. The molecule has 2 aliphatic heterocycles.